The Bertz CT molecular complexity index is 3960. The molecule has 0 N–H and O–H groups in total. The molecule has 0 fully saturated rings. The highest BCUT2D eigenvalue weighted by molar-refractivity contribution is 7.26. The first-order valence-corrected chi connectivity index (χ1v) is 22.8. The monoisotopic (exact) mass is 829 g/mol. The molecule has 0 bridgehead atoms. The number of rotatable bonds is 6. The van der Waals surface area contributed by atoms with Crippen molar-refractivity contribution in [3.8, 4) is 33.4 Å². The molecule has 0 radical (unpaired) electrons. The Hall–Kier alpha value is -8.04. The van der Waals surface area contributed by atoms with Gasteiger partial charge in [0.15, 0.2) is 0 Å². The maximum absolute atomic E-state index is 2.49. The van der Waals surface area contributed by atoms with Gasteiger partial charge in [0.1, 0.15) is 0 Å². The lowest BCUT2D eigenvalue weighted by Gasteiger charge is -2.28. The number of nitrogens with zero attached hydrogens (tertiary/aromatic N) is 1. The minimum Gasteiger partial charge on any atom is -0.310 e. The van der Waals surface area contributed by atoms with E-state index in [1.165, 1.54) is 113 Å². The highest BCUT2D eigenvalue weighted by atomic mass is 32.1. The molecule has 298 valence electrons. The zero-order valence-corrected chi connectivity index (χ0v) is 35.7. The summed E-state index contributed by atoms with van der Waals surface area (Å²) in [4.78, 5) is 2.49. The van der Waals surface area contributed by atoms with Crippen molar-refractivity contribution in [2.24, 2.45) is 0 Å². The lowest BCUT2D eigenvalue weighted by atomic mass is 9.92. The van der Waals surface area contributed by atoms with Crippen LogP contribution in [0.2, 0.25) is 0 Å². The van der Waals surface area contributed by atoms with Crippen LogP contribution in [0.5, 0.6) is 0 Å². The van der Waals surface area contributed by atoms with E-state index in [2.05, 4.69) is 241 Å². The van der Waals surface area contributed by atoms with E-state index in [9.17, 15) is 0 Å². The van der Waals surface area contributed by atoms with Crippen LogP contribution in [0.4, 0.5) is 17.1 Å². The van der Waals surface area contributed by atoms with Gasteiger partial charge in [0.05, 0.1) is 5.69 Å². The largest absolute Gasteiger partial charge is 0.310 e. The van der Waals surface area contributed by atoms with Crippen molar-refractivity contribution in [2.75, 3.05) is 4.90 Å². The van der Waals surface area contributed by atoms with Crippen molar-refractivity contribution in [1.29, 1.82) is 0 Å². The van der Waals surface area contributed by atoms with Crippen LogP contribution in [0, 0.1) is 0 Å². The van der Waals surface area contributed by atoms with Gasteiger partial charge in [-0.3, -0.25) is 0 Å². The van der Waals surface area contributed by atoms with Gasteiger partial charge in [0.2, 0.25) is 0 Å². The van der Waals surface area contributed by atoms with Crippen molar-refractivity contribution in [1.82, 2.24) is 0 Å². The molecule has 0 aliphatic carbocycles. The first kappa shape index (κ1) is 36.6. The Morgan fingerprint density at radius 1 is 0.281 bits per heavy atom. The molecule has 0 saturated heterocycles. The summed E-state index contributed by atoms with van der Waals surface area (Å²) in [6, 6.07) is 87.3. The fourth-order valence-corrected chi connectivity index (χ4v) is 11.4. The summed E-state index contributed by atoms with van der Waals surface area (Å²) in [6.45, 7) is 0. The van der Waals surface area contributed by atoms with Crippen LogP contribution >= 0.6 is 11.3 Å². The van der Waals surface area contributed by atoms with Crippen LogP contribution in [0.3, 0.4) is 0 Å². The minimum atomic E-state index is 1.11. The predicted octanol–water partition coefficient (Wildman–Crippen LogP) is 18.3. The van der Waals surface area contributed by atoms with Gasteiger partial charge in [-0.15, -0.1) is 11.3 Å². The van der Waals surface area contributed by atoms with E-state index < -0.39 is 0 Å². The summed E-state index contributed by atoms with van der Waals surface area (Å²) in [5, 5.41) is 15.1. The Balaban J connectivity index is 1.02. The minimum absolute atomic E-state index is 1.11. The second-order valence-electron chi connectivity index (χ2n) is 16.8. The van der Waals surface area contributed by atoms with Gasteiger partial charge in [-0.05, 0) is 136 Å². The number of hydrogen-bond acceptors (Lipinski definition) is 2. The zero-order chi connectivity index (χ0) is 42.1. The SMILES string of the molecule is c1ccc(-c2ccc(-c3ccc(N(c4ccc5ccc(-c6cc7ccccc7c7ccccc67)cc5c4)c4cc5ccccc5c5sc6ccccc6c45)cc3)c3ccccc23)cc1. The Morgan fingerprint density at radius 2 is 0.812 bits per heavy atom. The predicted molar refractivity (Wildman–Crippen MR) is 278 cm³/mol. The molecule has 0 atom stereocenters. The van der Waals surface area contributed by atoms with Crippen LogP contribution in [0.15, 0.2) is 237 Å². The third kappa shape index (κ3) is 5.91. The van der Waals surface area contributed by atoms with Crippen LogP contribution in [-0.2, 0) is 0 Å². The highest BCUT2D eigenvalue weighted by Gasteiger charge is 2.22. The summed E-state index contributed by atoms with van der Waals surface area (Å²) in [5.74, 6) is 0. The average molecular weight is 830 g/mol. The zero-order valence-electron chi connectivity index (χ0n) is 34.9. The van der Waals surface area contributed by atoms with Crippen LogP contribution in [0.25, 0.3) is 107 Å². The van der Waals surface area contributed by atoms with Gasteiger partial charge in [-0.2, -0.15) is 0 Å². The number of thiophene rings is 1. The van der Waals surface area contributed by atoms with E-state index in [0.29, 0.717) is 0 Å². The van der Waals surface area contributed by atoms with Crippen LogP contribution < -0.4 is 4.90 Å². The molecule has 0 saturated carbocycles. The average Bonchev–Trinajstić information content (AvgIpc) is 3.77. The van der Waals surface area contributed by atoms with Gasteiger partial charge in [-0.1, -0.05) is 188 Å². The van der Waals surface area contributed by atoms with E-state index in [1.54, 1.807) is 0 Å². The molecule has 1 nitrogen and oxygen atoms in total. The van der Waals surface area contributed by atoms with Crippen LogP contribution in [-0.4, -0.2) is 0 Å². The normalized spacial score (nSPS) is 11.8. The molecule has 0 aliphatic heterocycles. The third-order valence-corrected chi connectivity index (χ3v) is 14.4. The molecule has 13 aromatic rings. The molecule has 12 aromatic carbocycles. The number of fused-ring (bicyclic) bond motifs is 10. The van der Waals surface area contributed by atoms with Crippen LogP contribution in [0.1, 0.15) is 0 Å². The van der Waals surface area contributed by atoms with Gasteiger partial charge in [0, 0.05) is 31.5 Å². The lowest BCUT2D eigenvalue weighted by Crippen LogP contribution is -2.10. The second-order valence-corrected chi connectivity index (χ2v) is 17.9. The molecule has 1 heterocycles. The quantitative estimate of drug-likeness (QED) is 0.151. The molecule has 0 unspecified atom stereocenters. The molecule has 0 amide bonds. The Kier molecular flexibility index (Phi) is 8.47. The van der Waals surface area contributed by atoms with E-state index >= 15 is 0 Å². The Labute approximate surface area is 375 Å². The van der Waals surface area contributed by atoms with Gasteiger partial charge >= 0.3 is 0 Å². The molecule has 13 rings (SSSR count). The molecular weight excluding hydrogens is 791 g/mol. The van der Waals surface area contributed by atoms with Crippen molar-refractivity contribution < 1.29 is 0 Å². The van der Waals surface area contributed by atoms with Gasteiger partial charge < -0.3 is 4.90 Å². The van der Waals surface area contributed by atoms with Crippen molar-refractivity contribution in [3.63, 3.8) is 0 Å². The van der Waals surface area contributed by atoms with E-state index in [1.807, 2.05) is 11.3 Å². The summed E-state index contributed by atoms with van der Waals surface area (Å²) >= 11 is 1.89. The summed E-state index contributed by atoms with van der Waals surface area (Å²) in [5.41, 5.74) is 10.8. The van der Waals surface area contributed by atoms with E-state index in [0.717, 1.165) is 11.4 Å². The maximum Gasteiger partial charge on any atom is 0.0561 e. The van der Waals surface area contributed by atoms with Crippen molar-refractivity contribution in [2.45, 2.75) is 0 Å². The molecular formula is C62H39NS. The molecule has 64 heavy (non-hydrogen) atoms. The second kappa shape index (κ2) is 14.8. The van der Waals surface area contributed by atoms with Crippen molar-refractivity contribution in [3.05, 3.63) is 237 Å². The van der Waals surface area contributed by atoms with E-state index in [-0.39, 0.29) is 0 Å². The lowest BCUT2D eigenvalue weighted by molar-refractivity contribution is 1.31. The molecule has 2 heteroatoms. The third-order valence-electron chi connectivity index (χ3n) is 13.2. The van der Waals surface area contributed by atoms with Crippen molar-refractivity contribution >= 4 is 102 Å². The molecule has 0 aliphatic rings. The summed E-state index contributed by atoms with van der Waals surface area (Å²) < 4.78 is 2.61. The fraction of sp³-hybridized carbons (Fsp3) is 0. The summed E-state index contributed by atoms with van der Waals surface area (Å²) in [7, 11) is 0. The first-order valence-electron chi connectivity index (χ1n) is 22.0. The fourth-order valence-electron chi connectivity index (χ4n) is 10.2. The number of hydrogen-bond donors (Lipinski definition) is 0. The maximum atomic E-state index is 2.49. The summed E-state index contributed by atoms with van der Waals surface area (Å²) in [6.07, 6.45) is 0. The topological polar surface area (TPSA) is 3.24 Å². The number of anilines is 3. The highest BCUT2D eigenvalue weighted by Crippen LogP contribution is 2.49. The smallest absolute Gasteiger partial charge is 0.0561 e. The van der Waals surface area contributed by atoms with Gasteiger partial charge in [-0.25, -0.2) is 0 Å². The molecule has 1 aromatic heterocycles. The number of benzene rings is 12. The van der Waals surface area contributed by atoms with Gasteiger partial charge in [0.25, 0.3) is 0 Å². The Morgan fingerprint density at radius 3 is 1.55 bits per heavy atom. The molecule has 0 spiro atoms. The first-order chi connectivity index (χ1) is 31.7. The standard InChI is InChI=1S/C62H39NS/c1-2-14-41(15-3-1)50-34-35-51(55-22-9-8-21-54(50)55)42-29-31-47(32-30-42)63(59-39-44-17-5-7-19-52(44)62-61(59)57-24-12-13-25-60(57)64-62)48-33-28-40-26-27-45(36-46(40)37-48)58-38-43-16-4-6-18-49(43)53-20-10-11-23-56(53)58/h1-39H. The van der Waals surface area contributed by atoms with E-state index in [4.69, 9.17) is 0 Å².